The Kier molecular flexibility index (Phi) is 6.75. The number of benzene rings is 2. The Morgan fingerprint density at radius 3 is 2.62 bits per heavy atom. The van der Waals surface area contributed by atoms with Gasteiger partial charge >= 0.3 is 5.97 Å². The number of esters is 1. The van der Waals surface area contributed by atoms with Crippen LogP contribution in [0.2, 0.25) is 0 Å². The third kappa shape index (κ3) is 4.60. The van der Waals surface area contributed by atoms with Crippen LogP contribution in [0.4, 0.5) is 11.4 Å². The van der Waals surface area contributed by atoms with Crippen LogP contribution in [0.1, 0.15) is 43.9 Å². The molecule has 1 atom stereocenters. The number of nitrogens with zero attached hydrogens (tertiary/aromatic N) is 4. The molecular weight excluding hydrogens is 492 g/mol. The summed E-state index contributed by atoms with van der Waals surface area (Å²) >= 11 is 1.21. The molecule has 0 amide bonds. The zero-order chi connectivity index (χ0) is 26.1. The van der Waals surface area contributed by atoms with Crippen LogP contribution in [0.25, 0.3) is 6.08 Å². The molecule has 0 bridgehead atoms. The molecule has 1 unspecified atom stereocenters. The first-order valence-electron chi connectivity index (χ1n) is 12.2. The lowest BCUT2D eigenvalue weighted by Crippen LogP contribution is -2.39. The van der Waals surface area contributed by atoms with Crippen LogP contribution < -0.4 is 19.8 Å². The van der Waals surface area contributed by atoms with Gasteiger partial charge in [0.25, 0.3) is 11.2 Å². The third-order valence-electron chi connectivity index (χ3n) is 6.59. The third-order valence-corrected chi connectivity index (χ3v) is 7.57. The molecule has 0 aliphatic carbocycles. The molecule has 0 N–H and O–H groups in total. The van der Waals surface area contributed by atoms with E-state index in [1.165, 1.54) is 28.0 Å². The van der Waals surface area contributed by atoms with Crippen LogP contribution in [0.3, 0.4) is 0 Å². The fourth-order valence-corrected chi connectivity index (χ4v) is 5.94. The van der Waals surface area contributed by atoms with Crippen molar-refractivity contribution in [1.29, 1.82) is 0 Å². The molecular formula is C27H26N4O5S. The van der Waals surface area contributed by atoms with Crippen molar-refractivity contribution in [1.82, 2.24) is 4.57 Å². The quantitative estimate of drug-likeness (QED) is 0.282. The highest BCUT2D eigenvalue weighted by Gasteiger charge is 2.33. The number of non-ortho nitro benzene ring substituents is 1. The molecule has 2 aliphatic heterocycles. The highest BCUT2D eigenvalue weighted by Crippen LogP contribution is 2.31. The molecule has 5 rings (SSSR count). The second-order valence-corrected chi connectivity index (χ2v) is 9.92. The number of ether oxygens (including phenoxy) is 1. The van der Waals surface area contributed by atoms with E-state index in [-0.39, 0.29) is 17.9 Å². The maximum atomic E-state index is 13.8. The van der Waals surface area contributed by atoms with Gasteiger partial charge in [-0.15, -0.1) is 0 Å². The van der Waals surface area contributed by atoms with E-state index >= 15 is 0 Å². The minimum absolute atomic E-state index is 0.0374. The van der Waals surface area contributed by atoms with Gasteiger partial charge in [0, 0.05) is 36.5 Å². The Morgan fingerprint density at radius 2 is 1.95 bits per heavy atom. The van der Waals surface area contributed by atoms with Gasteiger partial charge in [0.05, 0.1) is 33.4 Å². The number of rotatable bonds is 6. The molecule has 3 aromatic rings. The van der Waals surface area contributed by atoms with Crippen LogP contribution in [-0.4, -0.2) is 35.2 Å². The Bertz CT molecular complexity index is 1580. The Morgan fingerprint density at radius 1 is 1.22 bits per heavy atom. The normalized spacial score (nSPS) is 17.5. The first kappa shape index (κ1) is 24.6. The maximum Gasteiger partial charge on any atom is 0.338 e. The number of fused-ring (bicyclic) bond motifs is 1. The van der Waals surface area contributed by atoms with Gasteiger partial charge in [-0.2, -0.15) is 0 Å². The van der Waals surface area contributed by atoms with Gasteiger partial charge in [-0.3, -0.25) is 19.5 Å². The number of thiazole rings is 1. The second kappa shape index (κ2) is 10.1. The van der Waals surface area contributed by atoms with Crippen LogP contribution in [-0.2, 0) is 9.53 Å². The standard InChI is InChI=1S/C27H26N4O5S/c1-3-36-26(33)23-17(2)28-27-30(24(23)18-9-5-4-6-10-18)25(32)22(37-27)16-19-15-20(31(34)35)11-12-21(19)29-13-7-8-14-29/h4-6,9-12,15-16,24H,3,7-8,13-14H2,1-2H3/b22-16-. The summed E-state index contributed by atoms with van der Waals surface area (Å²) in [5.74, 6) is -0.512. The smallest absolute Gasteiger partial charge is 0.338 e. The number of anilines is 1. The van der Waals surface area contributed by atoms with Gasteiger partial charge in [0.15, 0.2) is 4.80 Å². The summed E-state index contributed by atoms with van der Waals surface area (Å²) in [6.45, 7) is 5.39. The molecule has 1 saturated heterocycles. The summed E-state index contributed by atoms with van der Waals surface area (Å²) < 4.78 is 7.24. The van der Waals surface area contributed by atoms with Gasteiger partial charge in [-0.25, -0.2) is 9.79 Å². The minimum atomic E-state index is -0.693. The maximum absolute atomic E-state index is 13.8. The lowest BCUT2D eigenvalue weighted by atomic mass is 9.96. The topological polar surface area (TPSA) is 107 Å². The van der Waals surface area contributed by atoms with Crippen molar-refractivity contribution in [3.8, 4) is 0 Å². The Balaban J connectivity index is 1.72. The van der Waals surface area contributed by atoms with Crippen LogP contribution in [0.15, 0.2) is 69.6 Å². The molecule has 0 spiro atoms. The number of hydrogen-bond acceptors (Lipinski definition) is 8. The fourth-order valence-electron chi connectivity index (χ4n) is 4.90. The number of carbonyl (C=O) groups excluding carboxylic acids is 1. The Labute approximate surface area is 216 Å². The lowest BCUT2D eigenvalue weighted by molar-refractivity contribution is -0.384. The van der Waals surface area contributed by atoms with E-state index in [2.05, 4.69) is 9.89 Å². The van der Waals surface area contributed by atoms with Gasteiger partial charge in [0.2, 0.25) is 0 Å². The van der Waals surface area contributed by atoms with Crippen molar-refractivity contribution in [2.45, 2.75) is 32.7 Å². The number of nitro benzene ring substituents is 1. The van der Waals surface area contributed by atoms with E-state index in [9.17, 15) is 19.7 Å². The molecule has 0 radical (unpaired) electrons. The van der Waals surface area contributed by atoms with Crippen LogP contribution >= 0.6 is 11.3 Å². The summed E-state index contributed by atoms with van der Waals surface area (Å²) in [4.78, 5) is 45.1. The van der Waals surface area contributed by atoms with Gasteiger partial charge in [-0.05, 0) is 44.4 Å². The van der Waals surface area contributed by atoms with Crippen molar-refractivity contribution < 1.29 is 14.5 Å². The average molecular weight is 519 g/mol. The van der Waals surface area contributed by atoms with Gasteiger partial charge < -0.3 is 9.64 Å². The number of aromatic nitrogens is 1. The van der Waals surface area contributed by atoms with E-state index in [1.54, 1.807) is 26.0 Å². The summed E-state index contributed by atoms with van der Waals surface area (Å²) in [5, 5.41) is 11.5. The minimum Gasteiger partial charge on any atom is -0.463 e. The van der Waals surface area contributed by atoms with E-state index < -0.39 is 16.9 Å². The summed E-state index contributed by atoms with van der Waals surface area (Å²) in [5.41, 5.74) is 2.69. The fraction of sp³-hybridized carbons (Fsp3) is 0.296. The molecule has 37 heavy (non-hydrogen) atoms. The van der Waals surface area contributed by atoms with Crippen molar-refractivity contribution in [2.24, 2.45) is 4.99 Å². The van der Waals surface area contributed by atoms with E-state index in [0.717, 1.165) is 37.2 Å². The number of nitro groups is 1. The monoisotopic (exact) mass is 518 g/mol. The summed E-state index contributed by atoms with van der Waals surface area (Å²) in [7, 11) is 0. The van der Waals surface area contributed by atoms with Crippen LogP contribution in [0.5, 0.6) is 0 Å². The zero-order valence-electron chi connectivity index (χ0n) is 20.5. The molecule has 2 aromatic carbocycles. The molecule has 1 aromatic heterocycles. The Hall–Kier alpha value is -4.05. The van der Waals surface area contributed by atoms with Crippen molar-refractivity contribution >= 4 is 34.8 Å². The number of hydrogen-bond donors (Lipinski definition) is 0. The van der Waals surface area contributed by atoms with Gasteiger partial charge in [-0.1, -0.05) is 41.7 Å². The lowest BCUT2D eigenvalue weighted by Gasteiger charge is -2.24. The molecule has 9 nitrogen and oxygen atoms in total. The molecule has 10 heteroatoms. The molecule has 3 heterocycles. The summed E-state index contributed by atoms with van der Waals surface area (Å²) in [6.07, 6.45) is 3.80. The molecule has 2 aliphatic rings. The first-order chi connectivity index (χ1) is 17.9. The molecule has 1 fully saturated rings. The largest absolute Gasteiger partial charge is 0.463 e. The van der Waals surface area contributed by atoms with E-state index in [0.29, 0.717) is 26.2 Å². The number of carbonyl (C=O) groups is 1. The second-order valence-electron chi connectivity index (χ2n) is 8.91. The zero-order valence-corrected chi connectivity index (χ0v) is 21.4. The number of allylic oxidation sites excluding steroid dienone is 1. The van der Waals surface area contributed by atoms with E-state index in [4.69, 9.17) is 4.74 Å². The van der Waals surface area contributed by atoms with Crippen LogP contribution in [0, 0.1) is 10.1 Å². The predicted molar refractivity (Wildman–Crippen MR) is 141 cm³/mol. The van der Waals surface area contributed by atoms with E-state index in [1.807, 2.05) is 30.3 Å². The predicted octanol–water partition coefficient (Wildman–Crippen LogP) is 3.31. The summed E-state index contributed by atoms with van der Waals surface area (Å²) in [6, 6.07) is 13.4. The van der Waals surface area contributed by atoms with Crippen molar-refractivity contribution in [3.05, 3.63) is 101 Å². The first-order valence-corrected chi connectivity index (χ1v) is 13.0. The van der Waals surface area contributed by atoms with Gasteiger partial charge in [0.1, 0.15) is 0 Å². The highest BCUT2D eigenvalue weighted by molar-refractivity contribution is 7.07. The SMILES string of the molecule is CCOC(=O)C1=C(C)N=c2s/c(=C\c3cc([N+](=O)[O-])ccc3N3CCCC3)c(=O)n2C1c1ccccc1. The molecule has 190 valence electrons. The molecule has 0 saturated carbocycles. The average Bonchev–Trinajstić information content (AvgIpc) is 3.52. The van der Waals surface area contributed by atoms with Crippen molar-refractivity contribution in [3.63, 3.8) is 0 Å². The highest BCUT2D eigenvalue weighted by atomic mass is 32.1. The van der Waals surface area contributed by atoms with Crippen molar-refractivity contribution in [2.75, 3.05) is 24.6 Å².